The van der Waals surface area contributed by atoms with Gasteiger partial charge in [-0.15, -0.1) is 0 Å². The van der Waals surface area contributed by atoms with Gasteiger partial charge in [-0.3, -0.25) is 4.79 Å². The van der Waals surface area contributed by atoms with Crippen molar-refractivity contribution in [2.75, 3.05) is 0 Å². The Kier molecular flexibility index (Phi) is 6.36. The van der Waals surface area contributed by atoms with Crippen LogP contribution in [-0.4, -0.2) is 26.4 Å². The number of amides is 1. The SMILES string of the molecule is CCC(CC)NC(=O)c1cccc(S(=O)(=O)NC(C)C)c1. The number of carbonyl (C=O) groups excluding carboxylic acids is 1. The van der Waals surface area contributed by atoms with Gasteiger partial charge in [0, 0.05) is 17.6 Å². The average molecular weight is 312 g/mol. The standard InChI is InChI=1S/C15H24N2O3S/c1-5-13(6-2)16-15(18)12-8-7-9-14(10-12)21(19,20)17-11(3)4/h7-11,13,17H,5-6H2,1-4H3,(H,16,18). The van der Waals surface area contributed by atoms with E-state index in [9.17, 15) is 13.2 Å². The summed E-state index contributed by atoms with van der Waals surface area (Å²) in [6.45, 7) is 7.51. The molecule has 0 aliphatic carbocycles. The van der Waals surface area contributed by atoms with E-state index < -0.39 is 10.0 Å². The van der Waals surface area contributed by atoms with E-state index in [0.29, 0.717) is 5.56 Å². The molecule has 0 heterocycles. The Hall–Kier alpha value is -1.40. The number of rotatable bonds is 7. The maximum atomic E-state index is 12.1. The van der Waals surface area contributed by atoms with Crippen LogP contribution in [0.2, 0.25) is 0 Å². The molecule has 2 N–H and O–H groups in total. The van der Waals surface area contributed by atoms with Crippen molar-refractivity contribution in [2.45, 2.75) is 57.5 Å². The largest absolute Gasteiger partial charge is 0.349 e. The molecule has 0 fully saturated rings. The van der Waals surface area contributed by atoms with E-state index in [-0.39, 0.29) is 22.9 Å². The molecule has 1 rings (SSSR count). The lowest BCUT2D eigenvalue weighted by molar-refractivity contribution is 0.0934. The monoisotopic (exact) mass is 312 g/mol. The summed E-state index contributed by atoms with van der Waals surface area (Å²) in [6.07, 6.45) is 1.68. The van der Waals surface area contributed by atoms with Gasteiger partial charge in [0.15, 0.2) is 0 Å². The zero-order valence-corrected chi connectivity index (χ0v) is 13.8. The van der Waals surface area contributed by atoms with Gasteiger partial charge in [0.05, 0.1) is 4.90 Å². The highest BCUT2D eigenvalue weighted by atomic mass is 32.2. The van der Waals surface area contributed by atoms with Gasteiger partial charge < -0.3 is 5.32 Å². The van der Waals surface area contributed by atoms with Crippen molar-refractivity contribution in [3.8, 4) is 0 Å². The van der Waals surface area contributed by atoms with E-state index in [0.717, 1.165) is 12.8 Å². The summed E-state index contributed by atoms with van der Waals surface area (Å²) in [4.78, 5) is 12.3. The smallest absolute Gasteiger partial charge is 0.251 e. The first kappa shape index (κ1) is 17.7. The molecule has 0 atom stereocenters. The molecule has 0 radical (unpaired) electrons. The Balaban J connectivity index is 2.98. The minimum atomic E-state index is -3.59. The summed E-state index contributed by atoms with van der Waals surface area (Å²) in [5.74, 6) is -0.245. The third-order valence-corrected chi connectivity index (χ3v) is 4.77. The quantitative estimate of drug-likeness (QED) is 0.811. The Labute approximate surface area is 127 Å². The zero-order chi connectivity index (χ0) is 16.0. The van der Waals surface area contributed by atoms with E-state index >= 15 is 0 Å². The Morgan fingerprint density at radius 2 is 1.81 bits per heavy atom. The summed E-state index contributed by atoms with van der Waals surface area (Å²) in [5.41, 5.74) is 0.355. The second-order valence-corrected chi connectivity index (χ2v) is 7.00. The summed E-state index contributed by atoms with van der Waals surface area (Å²) >= 11 is 0. The van der Waals surface area contributed by atoms with Crippen LogP contribution in [0.15, 0.2) is 29.2 Å². The highest BCUT2D eigenvalue weighted by Crippen LogP contribution is 2.12. The normalized spacial score (nSPS) is 11.9. The van der Waals surface area contributed by atoms with E-state index in [2.05, 4.69) is 10.0 Å². The van der Waals surface area contributed by atoms with E-state index in [4.69, 9.17) is 0 Å². The van der Waals surface area contributed by atoms with Crippen molar-refractivity contribution in [1.82, 2.24) is 10.0 Å². The first-order valence-electron chi connectivity index (χ1n) is 7.23. The van der Waals surface area contributed by atoms with Gasteiger partial charge in [-0.2, -0.15) is 0 Å². The van der Waals surface area contributed by atoms with Crippen LogP contribution in [0.5, 0.6) is 0 Å². The number of carbonyl (C=O) groups is 1. The Morgan fingerprint density at radius 3 is 2.33 bits per heavy atom. The lowest BCUT2D eigenvalue weighted by atomic mass is 10.1. The van der Waals surface area contributed by atoms with Crippen LogP contribution in [0.4, 0.5) is 0 Å². The number of benzene rings is 1. The predicted molar refractivity (Wildman–Crippen MR) is 83.7 cm³/mol. The minimum absolute atomic E-state index is 0.103. The summed E-state index contributed by atoms with van der Waals surface area (Å²) in [7, 11) is -3.59. The number of hydrogen-bond donors (Lipinski definition) is 2. The second kappa shape index (κ2) is 7.56. The van der Waals surface area contributed by atoms with Crippen LogP contribution >= 0.6 is 0 Å². The summed E-state index contributed by atoms with van der Waals surface area (Å²) in [5, 5.41) is 2.90. The highest BCUT2D eigenvalue weighted by Gasteiger charge is 2.18. The Morgan fingerprint density at radius 1 is 1.19 bits per heavy atom. The highest BCUT2D eigenvalue weighted by molar-refractivity contribution is 7.89. The molecule has 6 heteroatoms. The summed E-state index contributed by atoms with van der Waals surface area (Å²) in [6, 6.07) is 5.99. The molecule has 21 heavy (non-hydrogen) atoms. The lowest BCUT2D eigenvalue weighted by Gasteiger charge is -2.15. The molecular formula is C15H24N2O3S. The van der Waals surface area contributed by atoms with Crippen molar-refractivity contribution in [2.24, 2.45) is 0 Å². The topological polar surface area (TPSA) is 75.3 Å². The van der Waals surface area contributed by atoms with Crippen molar-refractivity contribution >= 4 is 15.9 Å². The van der Waals surface area contributed by atoms with Crippen LogP contribution in [-0.2, 0) is 10.0 Å². The first-order valence-corrected chi connectivity index (χ1v) is 8.71. The third-order valence-electron chi connectivity index (χ3n) is 3.12. The van der Waals surface area contributed by atoms with Crippen LogP contribution < -0.4 is 10.0 Å². The first-order chi connectivity index (χ1) is 9.80. The summed E-state index contributed by atoms with van der Waals surface area (Å²) < 4.78 is 26.7. The van der Waals surface area contributed by atoms with E-state index in [1.165, 1.54) is 12.1 Å². The van der Waals surface area contributed by atoms with Gasteiger partial charge in [-0.25, -0.2) is 13.1 Å². The minimum Gasteiger partial charge on any atom is -0.349 e. The van der Waals surface area contributed by atoms with Crippen molar-refractivity contribution < 1.29 is 13.2 Å². The van der Waals surface area contributed by atoms with Crippen molar-refractivity contribution in [3.05, 3.63) is 29.8 Å². The molecule has 0 aliphatic heterocycles. The molecular weight excluding hydrogens is 288 g/mol. The van der Waals surface area contributed by atoms with Gasteiger partial charge in [-0.1, -0.05) is 19.9 Å². The van der Waals surface area contributed by atoms with Crippen molar-refractivity contribution in [1.29, 1.82) is 0 Å². The van der Waals surface area contributed by atoms with Gasteiger partial charge in [0.25, 0.3) is 5.91 Å². The maximum absolute atomic E-state index is 12.1. The van der Waals surface area contributed by atoms with Gasteiger partial charge >= 0.3 is 0 Å². The molecule has 1 amide bonds. The fraction of sp³-hybridized carbons (Fsp3) is 0.533. The van der Waals surface area contributed by atoms with Crippen LogP contribution in [0.1, 0.15) is 50.9 Å². The van der Waals surface area contributed by atoms with Crippen LogP contribution in [0, 0.1) is 0 Å². The van der Waals surface area contributed by atoms with E-state index in [1.807, 2.05) is 13.8 Å². The molecule has 0 saturated carbocycles. The third kappa shape index (κ3) is 5.13. The van der Waals surface area contributed by atoms with Crippen molar-refractivity contribution in [3.63, 3.8) is 0 Å². The molecule has 0 saturated heterocycles. The molecule has 0 aliphatic rings. The molecule has 0 unspecified atom stereocenters. The molecule has 0 spiro atoms. The van der Waals surface area contributed by atoms with Crippen LogP contribution in [0.3, 0.4) is 0 Å². The zero-order valence-electron chi connectivity index (χ0n) is 13.0. The fourth-order valence-corrected chi connectivity index (χ4v) is 3.24. The fourth-order valence-electron chi connectivity index (χ4n) is 1.94. The molecule has 1 aromatic carbocycles. The predicted octanol–water partition coefficient (Wildman–Crippen LogP) is 2.29. The van der Waals surface area contributed by atoms with E-state index in [1.54, 1.807) is 26.0 Å². The van der Waals surface area contributed by atoms with Gasteiger partial charge in [-0.05, 0) is 44.9 Å². The molecule has 118 valence electrons. The van der Waals surface area contributed by atoms with Crippen LogP contribution in [0.25, 0.3) is 0 Å². The lowest BCUT2D eigenvalue weighted by Crippen LogP contribution is -2.34. The van der Waals surface area contributed by atoms with Gasteiger partial charge in [0.1, 0.15) is 0 Å². The molecule has 1 aromatic rings. The van der Waals surface area contributed by atoms with Gasteiger partial charge in [0.2, 0.25) is 10.0 Å². The second-order valence-electron chi connectivity index (χ2n) is 5.29. The number of hydrogen-bond acceptors (Lipinski definition) is 3. The maximum Gasteiger partial charge on any atom is 0.251 e. The number of nitrogens with one attached hydrogen (secondary N) is 2. The molecule has 0 bridgehead atoms. The number of sulfonamides is 1. The average Bonchev–Trinajstić information content (AvgIpc) is 2.43. The Bertz CT molecular complexity index is 578. The molecule has 5 nitrogen and oxygen atoms in total. The molecule has 0 aromatic heterocycles.